The number of non-ortho nitro benzene ring substituents is 1. The second-order valence-electron chi connectivity index (χ2n) is 8.25. The zero-order valence-electron chi connectivity index (χ0n) is 18.4. The van der Waals surface area contributed by atoms with Crippen LogP contribution in [0.1, 0.15) is 40.2 Å². The van der Waals surface area contributed by atoms with Gasteiger partial charge in [-0.2, -0.15) is 0 Å². The Bertz CT molecular complexity index is 1720. The third kappa shape index (κ3) is 3.23. The summed E-state index contributed by atoms with van der Waals surface area (Å²) in [6.45, 7) is 2.07. The fourth-order valence-corrected chi connectivity index (χ4v) is 5.55. The minimum absolute atomic E-state index is 0.0365. The maximum Gasteiger partial charge on any atom is 0.297 e. The Hall–Kier alpha value is -4.37. The minimum Gasteiger partial charge on any atom is -0.450 e. The third-order valence-corrected chi connectivity index (χ3v) is 7.27. The highest BCUT2D eigenvalue weighted by Crippen LogP contribution is 2.44. The van der Waals surface area contributed by atoms with Crippen LogP contribution in [-0.2, 0) is 6.42 Å². The number of fused-ring (bicyclic) bond motifs is 3. The maximum atomic E-state index is 13.7. The summed E-state index contributed by atoms with van der Waals surface area (Å²) >= 11 is 1.36. The molecule has 0 saturated heterocycles. The number of aromatic nitrogens is 1. The first-order valence-electron chi connectivity index (χ1n) is 11.0. The summed E-state index contributed by atoms with van der Waals surface area (Å²) in [4.78, 5) is 44.2. The number of nitro groups is 1. The number of anilines is 1. The van der Waals surface area contributed by atoms with E-state index in [9.17, 15) is 19.7 Å². The normalized spacial score (nSPS) is 15.2. The van der Waals surface area contributed by atoms with Crippen LogP contribution in [0.15, 0.2) is 75.9 Å². The van der Waals surface area contributed by atoms with Crippen molar-refractivity contribution in [3.05, 3.63) is 110 Å². The molecule has 1 amide bonds. The number of thiazole rings is 1. The van der Waals surface area contributed by atoms with E-state index in [0.29, 0.717) is 21.7 Å². The first kappa shape index (κ1) is 21.2. The van der Waals surface area contributed by atoms with Gasteiger partial charge in [0.2, 0.25) is 5.76 Å². The fourth-order valence-electron chi connectivity index (χ4n) is 4.49. The van der Waals surface area contributed by atoms with Crippen molar-refractivity contribution in [3.8, 4) is 0 Å². The van der Waals surface area contributed by atoms with Crippen LogP contribution < -0.4 is 10.3 Å². The Kier molecular flexibility index (Phi) is 4.75. The molecule has 3 heterocycles. The van der Waals surface area contributed by atoms with Gasteiger partial charge < -0.3 is 4.42 Å². The molecule has 1 atom stereocenters. The lowest BCUT2D eigenvalue weighted by atomic mass is 9.98. The molecule has 5 aromatic rings. The molecule has 0 spiro atoms. The molecule has 1 aliphatic rings. The molecule has 1 aliphatic heterocycles. The second-order valence-corrected chi connectivity index (χ2v) is 9.26. The van der Waals surface area contributed by atoms with Gasteiger partial charge in [-0.1, -0.05) is 36.5 Å². The molecule has 0 fully saturated rings. The lowest BCUT2D eigenvalue weighted by Crippen LogP contribution is -2.29. The summed E-state index contributed by atoms with van der Waals surface area (Å²) in [7, 11) is 0. The van der Waals surface area contributed by atoms with Gasteiger partial charge in [-0.05, 0) is 53.9 Å². The first-order chi connectivity index (χ1) is 17.0. The molecule has 0 bridgehead atoms. The highest BCUT2D eigenvalue weighted by molar-refractivity contribution is 7.22. The number of carbonyl (C=O) groups is 1. The summed E-state index contributed by atoms with van der Waals surface area (Å²) < 4.78 is 6.88. The second kappa shape index (κ2) is 7.85. The molecular formula is C26H17N3O5S. The summed E-state index contributed by atoms with van der Waals surface area (Å²) in [6.07, 6.45) is 0.869. The van der Waals surface area contributed by atoms with Gasteiger partial charge in [0, 0.05) is 12.1 Å². The van der Waals surface area contributed by atoms with Gasteiger partial charge in [-0.15, -0.1) is 0 Å². The van der Waals surface area contributed by atoms with Gasteiger partial charge in [0.15, 0.2) is 10.6 Å². The maximum absolute atomic E-state index is 13.7. The van der Waals surface area contributed by atoms with Crippen molar-refractivity contribution in [2.45, 2.75) is 19.4 Å². The molecular weight excluding hydrogens is 466 g/mol. The van der Waals surface area contributed by atoms with Gasteiger partial charge >= 0.3 is 0 Å². The molecule has 3 aromatic carbocycles. The van der Waals surface area contributed by atoms with E-state index < -0.39 is 16.9 Å². The van der Waals surface area contributed by atoms with Crippen molar-refractivity contribution in [2.24, 2.45) is 0 Å². The average molecular weight is 484 g/mol. The SMILES string of the molecule is CCc1ccc2nc(N3C(=O)c4oc5ccccc5c(=O)c4[C@H]3c3ccc([N+](=O)[O-])cc3)sc2c1. The first-order valence-corrected chi connectivity index (χ1v) is 11.8. The van der Waals surface area contributed by atoms with Crippen LogP contribution in [0.2, 0.25) is 0 Å². The van der Waals surface area contributed by atoms with Crippen molar-refractivity contribution in [2.75, 3.05) is 4.90 Å². The highest BCUT2D eigenvalue weighted by Gasteiger charge is 2.45. The monoisotopic (exact) mass is 483 g/mol. The number of benzene rings is 3. The van der Waals surface area contributed by atoms with E-state index in [-0.39, 0.29) is 22.4 Å². The molecule has 6 rings (SSSR count). The van der Waals surface area contributed by atoms with Gasteiger partial charge in [0.05, 0.1) is 32.1 Å². The Labute approximate surface area is 202 Å². The predicted molar refractivity (Wildman–Crippen MR) is 133 cm³/mol. The molecule has 9 heteroatoms. The molecule has 172 valence electrons. The molecule has 0 saturated carbocycles. The van der Waals surface area contributed by atoms with E-state index in [0.717, 1.165) is 22.2 Å². The molecule has 8 nitrogen and oxygen atoms in total. The topological polar surface area (TPSA) is 107 Å². The van der Waals surface area contributed by atoms with E-state index in [1.54, 1.807) is 36.4 Å². The number of para-hydroxylation sites is 1. The van der Waals surface area contributed by atoms with Gasteiger partial charge in [0.25, 0.3) is 11.6 Å². The predicted octanol–water partition coefficient (Wildman–Crippen LogP) is 5.62. The quantitative estimate of drug-likeness (QED) is 0.242. The Balaban J connectivity index is 1.60. The number of aryl methyl sites for hydroxylation is 1. The van der Waals surface area contributed by atoms with E-state index >= 15 is 0 Å². The van der Waals surface area contributed by atoms with Gasteiger partial charge in [0.1, 0.15) is 5.58 Å². The summed E-state index contributed by atoms with van der Waals surface area (Å²) in [5.74, 6) is -0.508. The van der Waals surface area contributed by atoms with Crippen molar-refractivity contribution < 1.29 is 14.1 Å². The van der Waals surface area contributed by atoms with Crippen LogP contribution in [-0.4, -0.2) is 15.8 Å². The van der Waals surface area contributed by atoms with Crippen molar-refractivity contribution in [1.29, 1.82) is 0 Å². The van der Waals surface area contributed by atoms with E-state index in [4.69, 9.17) is 9.40 Å². The molecule has 0 unspecified atom stereocenters. The van der Waals surface area contributed by atoms with Gasteiger partial charge in [-0.3, -0.25) is 24.6 Å². The number of hydrogen-bond donors (Lipinski definition) is 0. The number of nitro benzene ring substituents is 1. The van der Waals surface area contributed by atoms with Crippen molar-refractivity contribution in [3.63, 3.8) is 0 Å². The lowest BCUT2D eigenvalue weighted by Gasteiger charge is -2.22. The van der Waals surface area contributed by atoms with Crippen LogP contribution >= 0.6 is 11.3 Å². The standard InChI is InChI=1S/C26H17N3O5S/c1-2-14-7-12-18-20(13-14)35-26(27-18)28-22(15-8-10-16(11-9-15)29(32)33)21-23(30)17-5-3-4-6-19(17)34-24(21)25(28)31/h3-13,22H,2H2,1H3/t22-/m1/s1. The summed E-state index contributed by atoms with van der Waals surface area (Å²) in [5, 5.41) is 12.0. The lowest BCUT2D eigenvalue weighted by molar-refractivity contribution is -0.384. The van der Waals surface area contributed by atoms with E-state index in [2.05, 4.69) is 6.92 Å². The molecule has 35 heavy (non-hydrogen) atoms. The molecule has 0 N–H and O–H groups in total. The fraction of sp³-hybridized carbons (Fsp3) is 0.115. The zero-order valence-corrected chi connectivity index (χ0v) is 19.2. The summed E-state index contributed by atoms with van der Waals surface area (Å²) in [6, 6.07) is 17.8. The van der Waals surface area contributed by atoms with Crippen LogP contribution in [0, 0.1) is 10.1 Å². The number of rotatable bonds is 4. The Morgan fingerprint density at radius 2 is 1.86 bits per heavy atom. The Morgan fingerprint density at radius 3 is 2.60 bits per heavy atom. The highest BCUT2D eigenvalue weighted by atomic mass is 32.1. The zero-order chi connectivity index (χ0) is 24.3. The van der Waals surface area contributed by atoms with Crippen molar-refractivity contribution in [1.82, 2.24) is 4.98 Å². The number of nitrogens with zero attached hydrogens (tertiary/aromatic N) is 3. The van der Waals surface area contributed by atoms with Crippen LogP contribution in [0.3, 0.4) is 0 Å². The molecule has 2 aromatic heterocycles. The van der Waals surface area contributed by atoms with Crippen molar-refractivity contribution >= 4 is 49.2 Å². The number of amides is 1. The average Bonchev–Trinajstić information content (AvgIpc) is 3.42. The van der Waals surface area contributed by atoms with Gasteiger partial charge in [-0.25, -0.2) is 4.98 Å². The van der Waals surface area contributed by atoms with Crippen LogP contribution in [0.5, 0.6) is 0 Å². The Morgan fingerprint density at radius 1 is 1.09 bits per heavy atom. The minimum atomic E-state index is -0.828. The van der Waals surface area contributed by atoms with Crippen LogP contribution in [0.25, 0.3) is 21.2 Å². The number of carbonyl (C=O) groups excluding carboxylic acids is 1. The largest absolute Gasteiger partial charge is 0.450 e. The van der Waals surface area contributed by atoms with E-state index in [1.807, 2.05) is 18.2 Å². The summed E-state index contributed by atoms with van der Waals surface area (Å²) in [5.41, 5.74) is 2.59. The molecule has 0 radical (unpaired) electrons. The van der Waals surface area contributed by atoms with E-state index in [1.165, 1.54) is 28.4 Å². The number of hydrogen-bond acceptors (Lipinski definition) is 7. The van der Waals surface area contributed by atoms with Crippen LogP contribution in [0.4, 0.5) is 10.8 Å². The molecule has 0 aliphatic carbocycles. The smallest absolute Gasteiger partial charge is 0.297 e. The third-order valence-electron chi connectivity index (χ3n) is 6.25.